The molecule has 2 aliphatic rings. The van der Waals surface area contributed by atoms with Gasteiger partial charge in [0, 0.05) is 36.9 Å². The van der Waals surface area contributed by atoms with Crippen LogP contribution in [-0.4, -0.2) is 53.5 Å². The molecule has 2 heterocycles. The Labute approximate surface area is 159 Å². The number of rotatable bonds is 1. The van der Waals surface area contributed by atoms with Crippen molar-refractivity contribution in [3.05, 3.63) is 21.8 Å². The second-order valence-electron chi connectivity index (χ2n) is 7.60. The van der Waals surface area contributed by atoms with Gasteiger partial charge in [-0.1, -0.05) is 28.4 Å². The van der Waals surface area contributed by atoms with Crippen molar-refractivity contribution in [1.29, 1.82) is 0 Å². The Morgan fingerprint density at radius 3 is 2.44 bits per heavy atom. The molecule has 0 N–H and O–H groups in total. The number of nitrogens with zero attached hydrogens (tertiary/aromatic N) is 3. The van der Waals surface area contributed by atoms with E-state index < -0.39 is 5.60 Å². The van der Waals surface area contributed by atoms with Crippen molar-refractivity contribution in [2.24, 2.45) is 4.99 Å². The van der Waals surface area contributed by atoms with Crippen molar-refractivity contribution >= 4 is 27.9 Å². The fourth-order valence-corrected chi connectivity index (χ4v) is 3.38. The number of piperazine rings is 1. The lowest BCUT2D eigenvalue weighted by molar-refractivity contribution is 0.0187. The first-order valence-electron chi connectivity index (χ1n) is 9.05. The maximum absolute atomic E-state index is 12.2. The first-order valence-corrected chi connectivity index (χ1v) is 9.84. The highest BCUT2D eigenvalue weighted by molar-refractivity contribution is 9.11. The SMILES string of the molecule is CCC1=C(/C)CC/C(Br)=C/N=C\1N1CCN(C(=O)OC(C)(C)C)CC1. The molecule has 0 saturated carbocycles. The molecule has 6 heteroatoms. The van der Waals surface area contributed by atoms with E-state index in [9.17, 15) is 4.79 Å². The summed E-state index contributed by atoms with van der Waals surface area (Å²) in [5.74, 6) is 1.06. The highest BCUT2D eigenvalue weighted by Gasteiger charge is 2.28. The molecule has 0 bridgehead atoms. The van der Waals surface area contributed by atoms with Crippen LogP contribution >= 0.6 is 15.9 Å². The summed E-state index contributed by atoms with van der Waals surface area (Å²) in [5, 5.41) is 0. The predicted octanol–water partition coefficient (Wildman–Crippen LogP) is 4.69. The summed E-state index contributed by atoms with van der Waals surface area (Å²) in [6.07, 6.45) is 4.73. The molecule has 25 heavy (non-hydrogen) atoms. The minimum absolute atomic E-state index is 0.225. The molecule has 0 atom stereocenters. The fraction of sp³-hybridized carbons (Fsp3) is 0.684. The van der Waals surface area contributed by atoms with Crippen molar-refractivity contribution in [3.8, 4) is 0 Å². The summed E-state index contributed by atoms with van der Waals surface area (Å²) in [6, 6.07) is 0. The maximum Gasteiger partial charge on any atom is 0.410 e. The highest BCUT2D eigenvalue weighted by atomic mass is 79.9. The minimum Gasteiger partial charge on any atom is -0.444 e. The molecular formula is C19H30BrN3O2. The molecule has 0 aromatic heterocycles. The molecule has 0 spiro atoms. The van der Waals surface area contributed by atoms with Gasteiger partial charge in [-0.2, -0.15) is 0 Å². The number of carbonyl (C=O) groups is 1. The molecule has 140 valence electrons. The van der Waals surface area contributed by atoms with Gasteiger partial charge in [-0.15, -0.1) is 0 Å². The minimum atomic E-state index is -0.454. The molecule has 2 rings (SSSR count). The monoisotopic (exact) mass is 411 g/mol. The van der Waals surface area contributed by atoms with E-state index >= 15 is 0 Å². The Bertz CT molecular complexity index is 594. The topological polar surface area (TPSA) is 45.1 Å². The molecule has 0 aromatic rings. The van der Waals surface area contributed by atoms with Crippen LogP contribution in [0.25, 0.3) is 0 Å². The quantitative estimate of drug-likeness (QED) is 0.628. The van der Waals surface area contributed by atoms with E-state index in [1.807, 2.05) is 27.0 Å². The molecule has 0 aliphatic carbocycles. The van der Waals surface area contributed by atoms with E-state index in [4.69, 9.17) is 9.73 Å². The summed E-state index contributed by atoms with van der Waals surface area (Å²) in [7, 11) is 0. The van der Waals surface area contributed by atoms with Crippen molar-refractivity contribution in [1.82, 2.24) is 9.80 Å². The number of ether oxygens (including phenoxy) is 1. The number of aliphatic imine (C=N–C) groups is 1. The Kier molecular flexibility index (Phi) is 6.72. The number of allylic oxidation sites excluding steroid dienone is 2. The van der Waals surface area contributed by atoms with Crippen LogP contribution in [0.1, 0.15) is 53.9 Å². The van der Waals surface area contributed by atoms with Crippen molar-refractivity contribution in [2.45, 2.75) is 59.5 Å². The molecule has 0 radical (unpaired) electrons. The predicted molar refractivity (Wildman–Crippen MR) is 106 cm³/mol. The molecular weight excluding hydrogens is 382 g/mol. The van der Waals surface area contributed by atoms with E-state index in [2.05, 4.69) is 34.7 Å². The first-order chi connectivity index (χ1) is 11.7. The number of hydrogen-bond donors (Lipinski definition) is 0. The Balaban J connectivity index is 2.10. The van der Waals surface area contributed by atoms with Gasteiger partial charge in [0.1, 0.15) is 11.4 Å². The molecule has 2 aliphatic heterocycles. The Morgan fingerprint density at radius 2 is 1.88 bits per heavy atom. The van der Waals surface area contributed by atoms with Crippen molar-refractivity contribution < 1.29 is 9.53 Å². The van der Waals surface area contributed by atoms with Crippen LogP contribution in [0.15, 0.2) is 26.8 Å². The van der Waals surface area contributed by atoms with E-state index in [-0.39, 0.29) is 6.09 Å². The standard InChI is InChI=1S/C19H30BrN3O2/c1-6-16-14(2)7-8-15(20)13-21-17(16)22-9-11-23(12-10-22)18(24)25-19(3,4)5/h13H,6-12H2,1-5H3/b15-13-,16-14+,21-17+. The first kappa shape index (κ1) is 20.0. The Hall–Kier alpha value is -1.30. The van der Waals surface area contributed by atoms with Crippen LogP contribution in [-0.2, 0) is 4.74 Å². The van der Waals surface area contributed by atoms with Crippen LogP contribution in [0.4, 0.5) is 4.79 Å². The van der Waals surface area contributed by atoms with E-state index in [0.29, 0.717) is 13.1 Å². The summed E-state index contributed by atoms with van der Waals surface area (Å²) in [4.78, 5) is 21.1. The van der Waals surface area contributed by atoms with Gasteiger partial charge in [-0.25, -0.2) is 9.79 Å². The molecule has 1 saturated heterocycles. The van der Waals surface area contributed by atoms with Gasteiger partial charge in [0.05, 0.1) is 0 Å². The number of amides is 1. The second kappa shape index (κ2) is 8.39. The average Bonchev–Trinajstić information content (AvgIpc) is 2.53. The summed E-state index contributed by atoms with van der Waals surface area (Å²) < 4.78 is 6.61. The smallest absolute Gasteiger partial charge is 0.410 e. The summed E-state index contributed by atoms with van der Waals surface area (Å²) in [5.41, 5.74) is 2.28. The summed E-state index contributed by atoms with van der Waals surface area (Å²) >= 11 is 3.59. The van der Waals surface area contributed by atoms with E-state index in [1.54, 1.807) is 4.90 Å². The normalized spacial score (nSPS) is 27.0. The Morgan fingerprint density at radius 1 is 1.24 bits per heavy atom. The molecule has 0 aromatic carbocycles. The lowest BCUT2D eigenvalue weighted by Crippen LogP contribution is -2.52. The van der Waals surface area contributed by atoms with Crippen molar-refractivity contribution in [2.75, 3.05) is 26.2 Å². The van der Waals surface area contributed by atoms with Crippen LogP contribution in [0, 0.1) is 0 Å². The van der Waals surface area contributed by atoms with Crippen LogP contribution in [0.2, 0.25) is 0 Å². The second-order valence-corrected chi connectivity index (χ2v) is 8.61. The van der Waals surface area contributed by atoms with Gasteiger partial charge in [0.15, 0.2) is 0 Å². The lowest BCUT2D eigenvalue weighted by atomic mass is 9.99. The fourth-order valence-electron chi connectivity index (χ4n) is 3.08. The maximum atomic E-state index is 12.2. The van der Waals surface area contributed by atoms with E-state index in [0.717, 1.165) is 42.7 Å². The molecule has 5 nitrogen and oxygen atoms in total. The zero-order valence-corrected chi connectivity index (χ0v) is 17.6. The summed E-state index contributed by atoms with van der Waals surface area (Å²) in [6.45, 7) is 13.0. The van der Waals surface area contributed by atoms with Crippen LogP contribution in [0.3, 0.4) is 0 Å². The third-order valence-corrected chi connectivity index (χ3v) is 5.04. The van der Waals surface area contributed by atoms with Crippen LogP contribution < -0.4 is 0 Å². The van der Waals surface area contributed by atoms with Crippen LogP contribution in [0.5, 0.6) is 0 Å². The largest absolute Gasteiger partial charge is 0.444 e. The molecule has 1 amide bonds. The zero-order chi connectivity index (χ0) is 18.6. The highest BCUT2D eigenvalue weighted by Crippen LogP contribution is 2.25. The van der Waals surface area contributed by atoms with Gasteiger partial charge in [-0.3, -0.25) is 0 Å². The van der Waals surface area contributed by atoms with E-state index in [1.165, 1.54) is 11.1 Å². The van der Waals surface area contributed by atoms with Gasteiger partial charge in [0.2, 0.25) is 0 Å². The molecule has 0 unspecified atom stereocenters. The lowest BCUT2D eigenvalue weighted by Gasteiger charge is -2.38. The van der Waals surface area contributed by atoms with Gasteiger partial charge in [-0.05, 0) is 52.5 Å². The van der Waals surface area contributed by atoms with Gasteiger partial charge < -0.3 is 14.5 Å². The van der Waals surface area contributed by atoms with Gasteiger partial charge in [0.25, 0.3) is 0 Å². The number of halogens is 1. The number of amidine groups is 1. The zero-order valence-electron chi connectivity index (χ0n) is 16.1. The van der Waals surface area contributed by atoms with Crippen molar-refractivity contribution in [3.63, 3.8) is 0 Å². The molecule has 1 fully saturated rings. The third kappa shape index (κ3) is 5.59. The third-order valence-electron chi connectivity index (χ3n) is 4.44. The van der Waals surface area contributed by atoms with Gasteiger partial charge >= 0.3 is 6.09 Å². The average molecular weight is 412 g/mol. The number of hydrogen-bond acceptors (Lipinski definition) is 4. The number of carbonyl (C=O) groups excluding carboxylic acids is 1.